The summed E-state index contributed by atoms with van der Waals surface area (Å²) >= 11 is 0. The van der Waals surface area contributed by atoms with Crippen LogP contribution in [0.4, 0.5) is 4.79 Å². The van der Waals surface area contributed by atoms with Crippen molar-refractivity contribution in [1.29, 1.82) is 0 Å². The zero-order valence-electron chi connectivity index (χ0n) is 23.3. The minimum atomic E-state index is -1.57. The van der Waals surface area contributed by atoms with E-state index in [1.807, 2.05) is 5.48 Å². The molecule has 13 nitrogen and oxygen atoms in total. The highest BCUT2D eigenvalue weighted by Crippen LogP contribution is 2.39. The second kappa shape index (κ2) is 13.9. The van der Waals surface area contributed by atoms with Gasteiger partial charge in [-0.15, -0.1) is 19.4 Å². The average Bonchev–Trinajstić information content (AvgIpc) is 2.93. The first-order valence-electron chi connectivity index (χ1n) is 12.5. The van der Waals surface area contributed by atoms with Crippen molar-refractivity contribution in [1.82, 2.24) is 11.0 Å². The summed E-state index contributed by atoms with van der Waals surface area (Å²) in [6, 6.07) is 2.92. The van der Waals surface area contributed by atoms with Crippen molar-refractivity contribution in [2.75, 3.05) is 20.3 Å². The third kappa shape index (κ3) is 6.69. The SMILES string of the molecule is C#CCONC(=C)c1c(O)c2ccc(O[C@@H]3O[C@@](C)(CC=C)[C@H](OC)[C@@H](OC(=O)NOCC#C)[C@H]3O)c(C)c2oc1=O. The fourth-order valence-electron chi connectivity index (χ4n) is 4.53. The van der Waals surface area contributed by atoms with Crippen molar-refractivity contribution in [2.45, 2.75) is 50.5 Å². The number of carbonyl (C=O) groups excluding carboxylic acids is 1. The lowest BCUT2D eigenvalue weighted by molar-refractivity contribution is -0.309. The number of carbonyl (C=O) groups is 1. The van der Waals surface area contributed by atoms with Gasteiger partial charge in [0, 0.05) is 12.7 Å². The van der Waals surface area contributed by atoms with Crippen molar-refractivity contribution in [3.8, 4) is 36.2 Å². The maximum Gasteiger partial charge on any atom is 0.431 e. The van der Waals surface area contributed by atoms with Gasteiger partial charge in [-0.2, -0.15) is 5.48 Å². The smallest absolute Gasteiger partial charge is 0.431 e. The number of amides is 1. The highest BCUT2D eigenvalue weighted by Gasteiger charge is 2.55. The van der Waals surface area contributed by atoms with Gasteiger partial charge in [0.05, 0.1) is 11.1 Å². The van der Waals surface area contributed by atoms with Crippen molar-refractivity contribution >= 4 is 22.8 Å². The van der Waals surface area contributed by atoms with E-state index in [1.165, 1.54) is 19.2 Å². The molecule has 0 aliphatic carbocycles. The molecule has 0 spiro atoms. The highest BCUT2D eigenvalue weighted by molar-refractivity contribution is 5.91. The van der Waals surface area contributed by atoms with Crippen molar-refractivity contribution in [3.05, 3.63) is 52.9 Å². The van der Waals surface area contributed by atoms with Crippen molar-refractivity contribution in [2.24, 2.45) is 0 Å². The Morgan fingerprint density at radius 2 is 1.90 bits per heavy atom. The van der Waals surface area contributed by atoms with E-state index in [1.54, 1.807) is 19.9 Å². The molecule has 4 N–H and O–H groups in total. The molecule has 2 aromatic rings. The van der Waals surface area contributed by atoms with Gasteiger partial charge in [0.1, 0.15) is 47.6 Å². The lowest BCUT2D eigenvalue weighted by Crippen LogP contribution is -2.66. The van der Waals surface area contributed by atoms with Crippen LogP contribution in [0, 0.1) is 31.6 Å². The Balaban J connectivity index is 1.96. The fourth-order valence-corrected chi connectivity index (χ4v) is 4.53. The van der Waals surface area contributed by atoms with E-state index in [-0.39, 0.29) is 47.6 Å². The van der Waals surface area contributed by atoms with Gasteiger partial charge in [-0.3, -0.25) is 15.2 Å². The van der Waals surface area contributed by atoms with E-state index in [4.69, 9.17) is 45.9 Å². The monoisotopic (exact) mass is 584 g/mol. The number of fused-ring (bicyclic) bond motifs is 1. The predicted molar refractivity (Wildman–Crippen MR) is 150 cm³/mol. The third-order valence-electron chi connectivity index (χ3n) is 6.40. The highest BCUT2D eigenvalue weighted by atomic mass is 16.7. The number of nitrogens with one attached hydrogen (secondary N) is 2. The van der Waals surface area contributed by atoms with Gasteiger partial charge in [0.2, 0.25) is 6.29 Å². The molecule has 1 aromatic heterocycles. The number of methoxy groups -OCH3 is 1. The first-order valence-corrected chi connectivity index (χ1v) is 12.5. The quantitative estimate of drug-likeness (QED) is 0.0944. The molecule has 1 aromatic carbocycles. The van der Waals surface area contributed by atoms with Gasteiger partial charge in [-0.05, 0) is 32.4 Å². The summed E-state index contributed by atoms with van der Waals surface area (Å²) in [4.78, 5) is 34.9. The van der Waals surface area contributed by atoms with Crippen LogP contribution in [0.15, 0.2) is 40.6 Å². The second-order valence-electron chi connectivity index (χ2n) is 9.27. The van der Waals surface area contributed by atoms with Gasteiger partial charge in [-0.25, -0.2) is 9.59 Å². The molecule has 224 valence electrons. The lowest BCUT2D eigenvalue weighted by Gasteiger charge is -2.48. The predicted octanol–water partition coefficient (Wildman–Crippen LogP) is 2.04. The van der Waals surface area contributed by atoms with E-state index in [2.05, 4.69) is 30.5 Å². The number of aliphatic hydroxyl groups is 1. The number of aryl methyl sites for hydroxylation is 1. The normalized spacial score (nSPS) is 23.3. The number of aromatic hydroxyl groups is 1. The molecular weight excluding hydrogens is 552 g/mol. The molecule has 3 rings (SSSR count). The number of hydrogen-bond acceptors (Lipinski definition) is 12. The average molecular weight is 585 g/mol. The van der Waals surface area contributed by atoms with Gasteiger partial charge >= 0.3 is 11.7 Å². The summed E-state index contributed by atoms with van der Waals surface area (Å²) in [6.07, 6.45) is 5.77. The molecule has 1 amide bonds. The Morgan fingerprint density at radius 3 is 2.52 bits per heavy atom. The molecule has 1 fully saturated rings. The molecule has 1 saturated heterocycles. The number of hydroxylamine groups is 2. The summed E-state index contributed by atoms with van der Waals surface area (Å²) in [7, 11) is 1.37. The molecule has 1 aliphatic rings. The molecule has 2 heterocycles. The molecule has 1 aliphatic heterocycles. The van der Waals surface area contributed by atoms with Crippen LogP contribution in [-0.4, -0.2) is 66.8 Å². The van der Waals surface area contributed by atoms with Gasteiger partial charge < -0.3 is 33.6 Å². The topological polar surface area (TPSA) is 167 Å². The van der Waals surface area contributed by atoms with Crippen LogP contribution < -0.4 is 21.3 Å². The van der Waals surface area contributed by atoms with E-state index in [0.717, 1.165) is 0 Å². The Morgan fingerprint density at radius 1 is 1.24 bits per heavy atom. The van der Waals surface area contributed by atoms with Gasteiger partial charge in [0.15, 0.2) is 12.2 Å². The zero-order valence-corrected chi connectivity index (χ0v) is 23.3. The minimum Gasteiger partial charge on any atom is -0.506 e. The molecule has 5 atom stereocenters. The second-order valence-corrected chi connectivity index (χ2v) is 9.27. The lowest BCUT2D eigenvalue weighted by atomic mass is 9.85. The third-order valence-corrected chi connectivity index (χ3v) is 6.40. The van der Waals surface area contributed by atoms with Crippen LogP contribution in [0.2, 0.25) is 0 Å². The molecule has 0 unspecified atom stereocenters. The van der Waals surface area contributed by atoms with Gasteiger partial charge in [-0.1, -0.05) is 24.5 Å². The van der Waals surface area contributed by atoms with Crippen molar-refractivity contribution in [3.63, 3.8) is 0 Å². The van der Waals surface area contributed by atoms with E-state index in [0.29, 0.717) is 5.56 Å². The number of hydrogen-bond donors (Lipinski definition) is 4. The number of benzene rings is 1. The van der Waals surface area contributed by atoms with E-state index in [9.17, 15) is 19.8 Å². The Labute approximate surface area is 241 Å². The van der Waals surface area contributed by atoms with Crippen LogP contribution in [0.25, 0.3) is 16.7 Å². The summed E-state index contributed by atoms with van der Waals surface area (Å²) in [5, 5.41) is 22.2. The standard InChI is InChI=1S/C29H32N2O11/c1-8-13-29(6)25(36-7)24(41-28(35)31-38-15-10-3)22(33)27(42-29)39-19-12-11-18-21(32)20(17(5)30-37-14-9-2)26(34)40-23(18)16(19)4/h2-3,8,11-12,22,24-25,27,30,32-33H,1,5,13-15H2,4,6-7H3,(H,31,35)/t22-,24+,25-,27-,29+/m1/s1. The molecular formula is C29H32N2O11. The van der Waals surface area contributed by atoms with E-state index >= 15 is 0 Å². The fraction of sp³-hybridized carbons (Fsp3) is 0.379. The number of terminal acetylenes is 2. The summed E-state index contributed by atoms with van der Waals surface area (Å²) in [6.45, 7) is 10.3. The summed E-state index contributed by atoms with van der Waals surface area (Å²) in [5.74, 6) is 4.14. The first-order chi connectivity index (χ1) is 20.0. The maximum atomic E-state index is 12.8. The molecule has 42 heavy (non-hydrogen) atoms. The maximum absolute atomic E-state index is 12.8. The number of rotatable bonds is 12. The summed E-state index contributed by atoms with van der Waals surface area (Å²) < 4.78 is 28.6. The Kier molecular flexibility index (Phi) is 10.6. The molecule has 13 heteroatoms. The van der Waals surface area contributed by atoms with Gasteiger partial charge in [0.25, 0.3) is 0 Å². The Bertz CT molecular complexity index is 1470. The van der Waals surface area contributed by atoms with Crippen LogP contribution in [0.1, 0.15) is 24.5 Å². The minimum absolute atomic E-state index is 0.00264. The van der Waals surface area contributed by atoms with E-state index < -0.39 is 47.7 Å². The zero-order chi connectivity index (χ0) is 31.0. The first kappa shape index (κ1) is 32.0. The van der Waals surface area contributed by atoms with Crippen molar-refractivity contribution < 1.29 is 48.0 Å². The van der Waals surface area contributed by atoms with Crippen LogP contribution in [0.5, 0.6) is 11.5 Å². The molecule has 0 radical (unpaired) electrons. The van der Waals surface area contributed by atoms with Crippen LogP contribution >= 0.6 is 0 Å². The van der Waals surface area contributed by atoms with Crippen LogP contribution in [0.3, 0.4) is 0 Å². The summed E-state index contributed by atoms with van der Waals surface area (Å²) in [5.41, 5.74) is 2.30. The molecule has 0 saturated carbocycles. The number of aliphatic hydroxyl groups excluding tert-OH is 1. The number of ether oxygens (including phenoxy) is 4. The Hall–Kier alpha value is -4.50. The largest absolute Gasteiger partial charge is 0.506 e. The molecule has 0 bridgehead atoms. The van der Waals surface area contributed by atoms with Crippen LogP contribution in [-0.2, 0) is 23.9 Å².